The minimum Gasteiger partial charge on any atom is -0.347 e. The molecule has 0 radical (unpaired) electrons. The SMILES string of the molecule is Cl.N=c1[nH]cccc1Cc1ccc(Cl)nc1. The van der Waals surface area contributed by atoms with Crippen LogP contribution < -0.4 is 5.49 Å². The molecule has 0 aromatic carbocycles. The number of pyridine rings is 2. The van der Waals surface area contributed by atoms with Gasteiger partial charge in [-0.1, -0.05) is 23.7 Å². The van der Waals surface area contributed by atoms with Crippen molar-refractivity contribution in [2.45, 2.75) is 6.42 Å². The third-order valence-corrected chi connectivity index (χ3v) is 2.35. The predicted molar refractivity (Wildman–Crippen MR) is 65.9 cm³/mol. The lowest BCUT2D eigenvalue weighted by Gasteiger charge is -2.01. The van der Waals surface area contributed by atoms with E-state index in [-0.39, 0.29) is 12.4 Å². The van der Waals surface area contributed by atoms with Crippen LogP contribution in [0.25, 0.3) is 0 Å². The molecule has 0 fully saturated rings. The number of hydrogen-bond acceptors (Lipinski definition) is 2. The van der Waals surface area contributed by atoms with Crippen LogP contribution >= 0.6 is 24.0 Å². The number of H-pyrrole nitrogens is 1. The summed E-state index contributed by atoms with van der Waals surface area (Å²) in [6.07, 6.45) is 4.17. The Labute approximate surface area is 104 Å². The van der Waals surface area contributed by atoms with Gasteiger partial charge in [0.2, 0.25) is 0 Å². The van der Waals surface area contributed by atoms with Crippen LogP contribution in [0.2, 0.25) is 5.15 Å². The van der Waals surface area contributed by atoms with Crippen molar-refractivity contribution >= 4 is 24.0 Å². The maximum absolute atomic E-state index is 7.66. The fourth-order valence-corrected chi connectivity index (χ4v) is 1.46. The van der Waals surface area contributed by atoms with Gasteiger partial charge in [-0.05, 0) is 23.3 Å². The van der Waals surface area contributed by atoms with Crippen molar-refractivity contribution in [3.8, 4) is 0 Å². The van der Waals surface area contributed by atoms with Gasteiger partial charge in [0.05, 0.1) is 0 Å². The second-order valence-electron chi connectivity index (χ2n) is 3.24. The summed E-state index contributed by atoms with van der Waals surface area (Å²) in [5, 5.41) is 8.15. The highest BCUT2D eigenvalue weighted by Crippen LogP contribution is 2.08. The molecule has 0 atom stereocenters. The van der Waals surface area contributed by atoms with Crippen LogP contribution in [0.5, 0.6) is 0 Å². The first kappa shape index (κ1) is 12.7. The van der Waals surface area contributed by atoms with Crippen LogP contribution in [0, 0.1) is 5.41 Å². The first-order valence-electron chi connectivity index (χ1n) is 4.57. The van der Waals surface area contributed by atoms with Crippen molar-refractivity contribution in [1.82, 2.24) is 9.97 Å². The Morgan fingerprint density at radius 1 is 1.31 bits per heavy atom. The second-order valence-corrected chi connectivity index (χ2v) is 3.62. The first-order valence-corrected chi connectivity index (χ1v) is 4.95. The number of aromatic amines is 1. The van der Waals surface area contributed by atoms with Crippen LogP contribution in [0.15, 0.2) is 36.7 Å². The molecule has 0 aliphatic rings. The van der Waals surface area contributed by atoms with Gasteiger partial charge in [0.25, 0.3) is 0 Å². The van der Waals surface area contributed by atoms with Crippen molar-refractivity contribution in [3.05, 3.63) is 58.4 Å². The minimum absolute atomic E-state index is 0. The van der Waals surface area contributed by atoms with Crippen LogP contribution in [0.3, 0.4) is 0 Å². The van der Waals surface area contributed by atoms with Crippen molar-refractivity contribution in [2.75, 3.05) is 0 Å². The summed E-state index contributed by atoms with van der Waals surface area (Å²) in [4.78, 5) is 6.85. The van der Waals surface area contributed by atoms with E-state index in [2.05, 4.69) is 9.97 Å². The number of aromatic nitrogens is 2. The van der Waals surface area contributed by atoms with Crippen molar-refractivity contribution in [1.29, 1.82) is 5.41 Å². The average molecular weight is 256 g/mol. The van der Waals surface area contributed by atoms with Gasteiger partial charge in [-0.3, -0.25) is 5.41 Å². The third kappa shape index (κ3) is 3.08. The molecule has 0 aliphatic heterocycles. The van der Waals surface area contributed by atoms with Gasteiger partial charge < -0.3 is 4.98 Å². The number of rotatable bonds is 2. The topological polar surface area (TPSA) is 52.5 Å². The monoisotopic (exact) mass is 255 g/mol. The molecule has 0 spiro atoms. The molecule has 3 nitrogen and oxygen atoms in total. The van der Waals surface area contributed by atoms with E-state index in [4.69, 9.17) is 17.0 Å². The van der Waals surface area contributed by atoms with E-state index in [0.717, 1.165) is 11.1 Å². The maximum Gasteiger partial charge on any atom is 0.129 e. The van der Waals surface area contributed by atoms with Crippen molar-refractivity contribution < 1.29 is 0 Å². The molecule has 0 unspecified atom stereocenters. The number of nitrogens with zero attached hydrogens (tertiary/aromatic N) is 1. The van der Waals surface area contributed by atoms with Gasteiger partial charge in [-0.2, -0.15) is 0 Å². The fraction of sp³-hybridized carbons (Fsp3) is 0.0909. The van der Waals surface area contributed by atoms with Gasteiger partial charge in [-0.15, -0.1) is 12.4 Å². The van der Waals surface area contributed by atoms with E-state index >= 15 is 0 Å². The highest BCUT2D eigenvalue weighted by molar-refractivity contribution is 6.29. The summed E-state index contributed by atoms with van der Waals surface area (Å²) in [5.41, 5.74) is 2.43. The molecule has 0 amide bonds. The molecule has 2 aromatic heterocycles. The Morgan fingerprint density at radius 2 is 2.12 bits per heavy atom. The third-order valence-electron chi connectivity index (χ3n) is 2.13. The molecule has 2 heterocycles. The Morgan fingerprint density at radius 3 is 2.75 bits per heavy atom. The van der Waals surface area contributed by atoms with E-state index < -0.39 is 0 Å². The summed E-state index contributed by atoms with van der Waals surface area (Å²) < 4.78 is 0. The highest BCUT2D eigenvalue weighted by atomic mass is 35.5. The first-order chi connectivity index (χ1) is 7.25. The van der Waals surface area contributed by atoms with E-state index in [1.807, 2.05) is 18.2 Å². The quantitative estimate of drug-likeness (QED) is 0.797. The fourth-order valence-electron chi connectivity index (χ4n) is 1.35. The molecule has 0 aliphatic carbocycles. The molecule has 0 saturated heterocycles. The lowest BCUT2D eigenvalue weighted by molar-refractivity contribution is 1.01. The van der Waals surface area contributed by atoms with Gasteiger partial charge in [-0.25, -0.2) is 4.98 Å². The van der Waals surface area contributed by atoms with E-state index in [0.29, 0.717) is 17.1 Å². The molecule has 2 N–H and O–H groups in total. The van der Waals surface area contributed by atoms with Gasteiger partial charge in [0, 0.05) is 18.8 Å². The maximum atomic E-state index is 7.66. The van der Waals surface area contributed by atoms with Gasteiger partial charge >= 0.3 is 0 Å². The summed E-state index contributed by atoms with van der Waals surface area (Å²) in [7, 11) is 0. The molecule has 0 bridgehead atoms. The summed E-state index contributed by atoms with van der Waals surface area (Å²) in [6, 6.07) is 7.49. The van der Waals surface area contributed by atoms with Gasteiger partial charge in [0.15, 0.2) is 0 Å². The van der Waals surface area contributed by atoms with Crippen molar-refractivity contribution in [2.24, 2.45) is 0 Å². The van der Waals surface area contributed by atoms with E-state index in [1.54, 1.807) is 18.5 Å². The van der Waals surface area contributed by atoms with Gasteiger partial charge in [0.1, 0.15) is 10.6 Å². The Kier molecular flexibility index (Phi) is 4.52. The zero-order valence-electron chi connectivity index (χ0n) is 8.40. The molecule has 16 heavy (non-hydrogen) atoms. The van der Waals surface area contributed by atoms with Crippen LogP contribution in [0.4, 0.5) is 0 Å². The Hall–Kier alpha value is -1.32. The molecular weight excluding hydrogens is 245 g/mol. The predicted octanol–water partition coefficient (Wildman–Crippen LogP) is 2.56. The molecule has 84 valence electrons. The highest BCUT2D eigenvalue weighted by Gasteiger charge is 1.98. The number of halogens is 2. The second kappa shape index (κ2) is 5.68. The van der Waals surface area contributed by atoms with Crippen LogP contribution in [-0.2, 0) is 6.42 Å². The summed E-state index contributed by atoms with van der Waals surface area (Å²) in [6.45, 7) is 0. The summed E-state index contributed by atoms with van der Waals surface area (Å²) in [5.74, 6) is 0. The number of nitrogens with one attached hydrogen (secondary N) is 2. The van der Waals surface area contributed by atoms with E-state index in [9.17, 15) is 0 Å². The number of hydrogen-bond donors (Lipinski definition) is 2. The standard InChI is InChI=1S/C11H10ClN3.ClH/c12-10-4-3-8(7-15-10)6-9-2-1-5-14-11(9)13;/h1-5,7H,6H2,(H2,13,14);1H. The average Bonchev–Trinajstić information content (AvgIpc) is 2.25. The lowest BCUT2D eigenvalue weighted by atomic mass is 10.1. The lowest BCUT2D eigenvalue weighted by Crippen LogP contribution is -2.11. The Bertz CT molecular complexity index is 505. The zero-order chi connectivity index (χ0) is 10.7. The molecule has 2 aromatic rings. The van der Waals surface area contributed by atoms with Crippen LogP contribution in [-0.4, -0.2) is 9.97 Å². The summed E-state index contributed by atoms with van der Waals surface area (Å²) >= 11 is 5.69. The molecular formula is C11H11Cl2N3. The molecule has 2 rings (SSSR count). The molecule has 5 heteroatoms. The molecule has 0 saturated carbocycles. The smallest absolute Gasteiger partial charge is 0.129 e. The zero-order valence-corrected chi connectivity index (χ0v) is 9.98. The van der Waals surface area contributed by atoms with E-state index in [1.165, 1.54) is 0 Å². The largest absolute Gasteiger partial charge is 0.347 e. The minimum atomic E-state index is 0. The van der Waals surface area contributed by atoms with Crippen LogP contribution in [0.1, 0.15) is 11.1 Å². The normalized spacial score (nSPS) is 9.56. The Balaban J connectivity index is 0.00000128. The van der Waals surface area contributed by atoms with Crippen molar-refractivity contribution in [3.63, 3.8) is 0 Å².